The third-order valence-corrected chi connectivity index (χ3v) is 3.80. The summed E-state index contributed by atoms with van der Waals surface area (Å²) in [5, 5.41) is 6.40. The minimum Gasteiger partial charge on any atom is -0.355 e. The topological polar surface area (TPSA) is 44.4 Å². The first-order valence-electron chi connectivity index (χ1n) is 7.24. The van der Waals surface area contributed by atoms with Gasteiger partial charge < -0.3 is 15.5 Å². The van der Waals surface area contributed by atoms with Crippen LogP contribution in [0.2, 0.25) is 0 Å². The van der Waals surface area contributed by atoms with Gasteiger partial charge in [-0.2, -0.15) is 0 Å². The lowest BCUT2D eigenvalue weighted by Crippen LogP contribution is -2.50. The highest BCUT2D eigenvalue weighted by atomic mass is 16.2. The molecule has 1 saturated heterocycles. The monoisotopic (exact) mass is 255 g/mol. The average molecular weight is 255 g/mol. The van der Waals surface area contributed by atoms with Crippen molar-refractivity contribution in [1.29, 1.82) is 0 Å². The zero-order chi connectivity index (χ0) is 13.5. The lowest BCUT2D eigenvalue weighted by atomic mass is 9.99. The molecule has 1 heterocycles. The summed E-state index contributed by atoms with van der Waals surface area (Å²) < 4.78 is 0. The molecule has 0 spiro atoms. The first-order chi connectivity index (χ1) is 8.50. The second-order valence-electron chi connectivity index (χ2n) is 5.77. The Bertz CT molecular complexity index is 255. The molecular weight excluding hydrogens is 226 g/mol. The van der Waals surface area contributed by atoms with Gasteiger partial charge in [0.1, 0.15) is 0 Å². The van der Waals surface area contributed by atoms with Crippen molar-refractivity contribution in [2.24, 2.45) is 0 Å². The SMILES string of the molecule is CC1CCCC(C(=O)NCCCN(C)C(C)C)N1. The predicted molar refractivity (Wildman–Crippen MR) is 75.6 cm³/mol. The van der Waals surface area contributed by atoms with Crippen molar-refractivity contribution in [3.63, 3.8) is 0 Å². The fourth-order valence-corrected chi connectivity index (χ4v) is 2.27. The summed E-state index contributed by atoms with van der Waals surface area (Å²) in [5.41, 5.74) is 0. The maximum Gasteiger partial charge on any atom is 0.237 e. The standard InChI is InChI=1S/C14H29N3O/c1-11(2)17(4)10-6-9-15-14(18)13-8-5-7-12(3)16-13/h11-13,16H,5-10H2,1-4H3,(H,15,18). The molecular formula is C14H29N3O. The van der Waals surface area contributed by atoms with E-state index in [9.17, 15) is 4.79 Å². The number of carbonyl (C=O) groups excluding carboxylic acids is 1. The van der Waals surface area contributed by atoms with Crippen molar-refractivity contribution < 1.29 is 4.79 Å². The summed E-state index contributed by atoms with van der Waals surface area (Å²) in [6.07, 6.45) is 4.33. The molecule has 0 bridgehead atoms. The van der Waals surface area contributed by atoms with Crippen LogP contribution in [0.3, 0.4) is 0 Å². The molecule has 4 nitrogen and oxygen atoms in total. The van der Waals surface area contributed by atoms with Gasteiger partial charge in [0, 0.05) is 18.6 Å². The van der Waals surface area contributed by atoms with Crippen LogP contribution in [0.4, 0.5) is 0 Å². The molecule has 2 unspecified atom stereocenters. The van der Waals surface area contributed by atoms with Gasteiger partial charge in [0.05, 0.1) is 6.04 Å². The van der Waals surface area contributed by atoms with Crippen LogP contribution in [0, 0.1) is 0 Å². The van der Waals surface area contributed by atoms with Crippen molar-refractivity contribution >= 4 is 5.91 Å². The Labute approximate surface area is 111 Å². The number of piperidine rings is 1. The number of carbonyl (C=O) groups is 1. The highest BCUT2D eigenvalue weighted by Crippen LogP contribution is 2.12. The zero-order valence-electron chi connectivity index (χ0n) is 12.3. The van der Waals surface area contributed by atoms with Crippen LogP contribution < -0.4 is 10.6 Å². The third kappa shape index (κ3) is 5.36. The summed E-state index contributed by atoms with van der Waals surface area (Å²) >= 11 is 0. The van der Waals surface area contributed by atoms with E-state index in [1.165, 1.54) is 6.42 Å². The fourth-order valence-electron chi connectivity index (χ4n) is 2.27. The van der Waals surface area contributed by atoms with Crippen LogP contribution in [0.1, 0.15) is 46.5 Å². The molecule has 1 aliphatic rings. The number of nitrogens with one attached hydrogen (secondary N) is 2. The second kappa shape index (κ2) is 7.74. The van der Waals surface area contributed by atoms with Gasteiger partial charge in [0.15, 0.2) is 0 Å². The summed E-state index contributed by atoms with van der Waals surface area (Å²) in [6, 6.07) is 1.07. The molecule has 0 radical (unpaired) electrons. The van der Waals surface area contributed by atoms with Crippen LogP contribution in [0.15, 0.2) is 0 Å². The second-order valence-corrected chi connectivity index (χ2v) is 5.77. The van der Waals surface area contributed by atoms with Crippen LogP contribution in [0.25, 0.3) is 0 Å². The lowest BCUT2D eigenvalue weighted by Gasteiger charge is -2.28. The highest BCUT2D eigenvalue weighted by Gasteiger charge is 2.23. The molecule has 0 saturated carbocycles. The molecule has 18 heavy (non-hydrogen) atoms. The molecule has 1 fully saturated rings. The van der Waals surface area contributed by atoms with Crippen molar-refractivity contribution in [1.82, 2.24) is 15.5 Å². The van der Waals surface area contributed by atoms with Gasteiger partial charge in [-0.25, -0.2) is 0 Å². The average Bonchev–Trinajstić information content (AvgIpc) is 2.33. The third-order valence-electron chi connectivity index (χ3n) is 3.80. The highest BCUT2D eigenvalue weighted by molar-refractivity contribution is 5.81. The Kier molecular flexibility index (Phi) is 6.65. The van der Waals surface area contributed by atoms with Gasteiger partial charge in [-0.1, -0.05) is 0 Å². The molecule has 1 rings (SSSR count). The van der Waals surface area contributed by atoms with E-state index >= 15 is 0 Å². The molecule has 1 aliphatic heterocycles. The van der Waals surface area contributed by atoms with E-state index in [4.69, 9.17) is 0 Å². The molecule has 2 atom stereocenters. The summed E-state index contributed by atoms with van der Waals surface area (Å²) in [7, 11) is 2.12. The minimum atomic E-state index is 0.0246. The Morgan fingerprint density at radius 2 is 2.17 bits per heavy atom. The summed E-state index contributed by atoms with van der Waals surface area (Å²) in [5.74, 6) is 0.175. The van der Waals surface area contributed by atoms with Crippen molar-refractivity contribution in [2.45, 2.75) is 64.6 Å². The Morgan fingerprint density at radius 1 is 1.44 bits per heavy atom. The van der Waals surface area contributed by atoms with E-state index < -0.39 is 0 Å². The maximum absolute atomic E-state index is 11.9. The van der Waals surface area contributed by atoms with Gasteiger partial charge in [0.2, 0.25) is 5.91 Å². The van der Waals surface area contributed by atoms with Crippen LogP contribution in [0.5, 0.6) is 0 Å². The predicted octanol–water partition coefficient (Wildman–Crippen LogP) is 1.36. The molecule has 0 aliphatic carbocycles. The van der Waals surface area contributed by atoms with Crippen LogP contribution in [-0.4, -0.2) is 49.1 Å². The smallest absolute Gasteiger partial charge is 0.237 e. The van der Waals surface area contributed by atoms with Gasteiger partial charge in [-0.15, -0.1) is 0 Å². The minimum absolute atomic E-state index is 0.0246. The molecule has 2 N–H and O–H groups in total. The molecule has 1 amide bonds. The van der Waals surface area contributed by atoms with Gasteiger partial charge >= 0.3 is 0 Å². The fraction of sp³-hybridized carbons (Fsp3) is 0.929. The molecule has 0 aromatic rings. The van der Waals surface area contributed by atoms with Crippen molar-refractivity contribution in [3.05, 3.63) is 0 Å². The van der Waals surface area contributed by atoms with E-state index in [0.29, 0.717) is 12.1 Å². The van der Waals surface area contributed by atoms with E-state index in [0.717, 1.165) is 32.4 Å². The summed E-state index contributed by atoms with van der Waals surface area (Å²) in [4.78, 5) is 14.2. The Balaban J connectivity index is 2.13. The number of rotatable bonds is 6. The van der Waals surface area contributed by atoms with Crippen molar-refractivity contribution in [3.8, 4) is 0 Å². The van der Waals surface area contributed by atoms with Gasteiger partial charge in [-0.05, 0) is 60.0 Å². The molecule has 4 heteroatoms. The normalized spacial score (nSPS) is 24.6. The lowest BCUT2D eigenvalue weighted by molar-refractivity contribution is -0.123. The number of hydrogen-bond acceptors (Lipinski definition) is 3. The first-order valence-corrected chi connectivity index (χ1v) is 7.24. The molecule has 106 valence electrons. The Hall–Kier alpha value is -0.610. The first kappa shape index (κ1) is 15.4. The molecule has 0 aromatic carbocycles. The number of hydrogen-bond donors (Lipinski definition) is 2. The number of amides is 1. The van der Waals surface area contributed by atoms with Crippen LogP contribution in [-0.2, 0) is 4.79 Å². The van der Waals surface area contributed by atoms with E-state index in [1.807, 2.05) is 0 Å². The van der Waals surface area contributed by atoms with Gasteiger partial charge in [0.25, 0.3) is 0 Å². The zero-order valence-corrected chi connectivity index (χ0v) is 12.3. The van der Waals surface area contributed by atoms with E-state index in [1.54, 1.807) is 0 Å². The van der Waals surface area contributed by atoms with E-state index in [-0.39, 0.29) is 11.9 Å². The van der Waals surface area contributed by atoms with Gasteiger partial charge in [-0.3, -0.25) is 4.79 Å². The number of nitrogens with zero attached hydrogens (tertiary/aromatic N) is 1. The van der Waals surface area contributed by atoms with Crippen molar-refractivity contribution in [2.75, 3.05) is 20.1 Å². The quantitative estimate of drug-likeness (QED) is 0.705. The molecule has 0 aromatic heterocycles. The van der Waals surface area contributed by atoms with Crippen LogP contribution >= 0.6 is 0 Å². The summed E-state index contributed by atoms with van der Waals surface area (Å²) in [6.45, 7) is 8.34. The largest absolute Gasteiger partial charge is 0.355 e. The Morgan fingerprint density at radius 3 is 2.78 bits per heavy atom. The maximum atomic E-state index is 11.9. The van der Waals surface area contributed by atoms with E-state index in [2.05, 4.69) is 43.4 Å².